The Labute approximate surface area is 108 Å². The Morgan fingerprint density at radius 3 is 2.76 bits per heavy atom. The summed E-state index contributed by atoms with van der Waals surface area (Å²) in [7, 11) is 0. The number of aryl methyl sites for hydroxylation is 1. The van der Waals surface area contributed by atoms with E-state index in [1.54, 1.807) is 0 Å². The van der Waals surface area contributed by atoms with Crippen molar-refractivity contribution in [3.05, 3.63) is 35.4 Å². The number of likely N-dealkylation sites (tertiary alicyclic amines) is 1. The molecule has 1 atom stereocenters. The van der Waals surface area contributed by atoms with Crippen molar-refractivity contribution in [1.29, 1.82) is 0 Å². The Morgan fingerprint density at radius 1 is 1.47 bits per heavy atom. The minimum atomic E-state index is 0. The summed E-state index contributed by atoms with van der Waals surface area (Å²) < 4.78 is 0. The summed E-state index contributed by atoms with van der Waals surface area (Å²) in [5, 5.41) is 0. The minimum absolute atomic E-state index is 0. The van der Waals surface area contributed by atoms with Crippen LogP contribution < -0.4 is 5.73 Å². The number of carbonyl (C=O) groups is 1. The van der Waals surface area contributed by atoms with Gasteiger partial charge in [-0.05, 0) is 24.5 Å². The van der Waals surface area contributed by atoms with Gasteiger partial charge in [0, 0.05) is 19.1 Å². The zero-order valence-corrected chi connectivity index (χ0v) is 10.9. The first-order valence-corrected chi connectivity index (χ1v) is 5.74. The number of rotatable bonds is 2. The third kappa shape index (κ3) is 3.45. The van der Waals surface area contributed by atoms with Gasteiger partial charge in [-0.15, -0.1) is 12.4 Å². The third-order valence-corrected chi connectivity index (χ3v) is 3.18. The molecule has 0 unspecified atom stereocenters. The molecule has 0 bridgehead atoms. The molecule has 1 saturated heterocycles. The number of nitrogens with zero attached hydrogens (tertiary/aromatic N) is 1. The van der Waals surface area contributed by atoms with Crippen molar-refractivity contribution < 1.29 is 4.79 Å². The molecule has 0 saturated carbocycles. The molecule has 1 heterocycles. The lowest BCUT2D eigenvalue weighted by Crippen LogP contribution is -2.33. The Balaban J connectivity index is 0.00000144. The number of nitrogens with two attached hydrogens (primary N) is 1. The quantitative estimate of drug-likeness (QED) is 0.870. The molecule has 2 N–H and O–H groups in total. The Hall–Kier alpha value is -1.06. The summed E-state index contributed by atoms with van der Waals surface area (Å²) in [6, 6.07) is 8.20. The van der Waals surface area contributed by atoms with Crippen LogP contribution in [-0.2, 0) is 11.2 Å². The lowest BCUT2D eigenvalue weighted by Gasteiger charge is -2.16. The van der Waals surface area contributed by atoms with Crippen LogP contribution >= 0.6 is 12.4 Å². The minimum Gasteiger partial charge on any atom is -0.341 e. The number of amides is 1. The summed E-state index contributed by atoms with van der Waals surface area (Å²) in [4.78, 5) is 13.9. The molecule has 17 heavy (non-hydrogen) atoms. The van der Waals surface area contributed by atoms with E-state index in [1.165, 1.54) is 5.56 Å². The second kappa shape index (κ2) is 6.03. The van der Waals surface area contributed by atoms with Crippen LogP contribution in [0.5, 0.6) is 0 Å². The second-order valence-corrected chi connectivity index (χ2v) is 4.49. The molecule has 4 heteroatoms. The molecular formula is C13H19ClN2O. The van der Waals surface area contributed by atoms with E-state index in [9.17, 15) is 4.79 Å². The van der Waals surface area contributed by atoms with Gasteiger partial charge in [0.15, 0.2) is 0 Å². The van der Waals surface area contributed by atoms with Crippen molar-refractivity contribution in [3.8, 4) is 0 Å². The molecule has 1 amide bonds. The third-order valence-electron chi connectivity index (χ3n) is 3.18. The van der Waals surface area contributed by atoms with E-state index in [0.29, 0.717) is 13.0 Å². The summed E-state index contributed by atoms with van der Waals surface area (Å²) in [5.74, 6) is 0.197. The molecule has 1 fully saturated rings. The number of benzene rings is 1. The average molecular weight is 255 g/mol. The van der Waals surface area contributed by atoms with Crippen molar-refractivity contribution >= 4 is 18.3 Å². The van der Waals surface area contributed by atoms with Crippen molar-refractivity contribution in [1.82, 2.24) is 4.90 Å². The standard InChI is InChI=1S/C13H18N2O.ClH/c1-10-4-2-3-5-11(10)8-13(16)15-7-6-12(14)9-15;/h2-5,12H,6-9,14H2,1H3;1H/t12-;/m0./s1. The molecule has 3 nitrogen and oxygen atoms in total. The van der Waals surface area contributed by atoms with Gasteiger partial charge in [-0.1, -0.05) is 24.3 Å². The smallest absolute Gasteiger partial charge is 0.227 e. The molecule has 1 aliphatic rings. The summed E-state index contributed by atoms with van der Waals surface area (Å²) in [6.45, 7) is 3.56. The van der Waals surface area contributed by atoms with Gasteiger partial charge in [0.05, 0.1) is 6.42 Å². The lowest BCUT2D eigenvalue weighted by atomic mass is 10.1. The molecule has 2 rings (SSSR count). The van der Waals surface area contributed by atoms with E-state index in [0.717, 1.165) is 18.5 Å². The highest BCUT2D eigenvalue weighted by molar-refractivity contribution is 5.85. The monoisotopic (exact) mass is 254 g/mol. The maximum Gasteiger partial charge on any atom is 0.227 e. The molecule has 94 valence electrons. The van der Waals surface area contributed by atoms with Gasteiger partial charge in [-0.2, -0.15) is 0 Å². The first-order valence-electron chi connectivity index (χ1n) is 5.74. The average Bonchev–Trinajstić information content (AvgIpc) is 2.68. The first kappa shape index (κ1) is 14.0. The van der Waals surface area contributed by atoms with E-state index >= 15 is 0 Å². The van der Waals surface area contributed by atoms with Gasteiger partial charge in [0.25, 0.3) is 0 Å². The number of hydrogen-bond donors (Lipinski definition) is 1. The van der Waals surface area contributed by atoms with E-state index in [-0.39, 0.29) is 24.4 Å². The molecule has 0 aliphatic carbocycles. The maximum atomic E-state index is 12.0. The largest absolute Gasteiger partial charge is 0.341 e. The molecule has 1 aliphatic heterocycles. The van der Waals surface area contributed by atoms with Gasteiger partial charge in [0.1, 0.15) is 0 Å². The fourth-order valence-corrected chi connectivity index (χ4v) is 2.10. The zero-order valence-electron chi connectivity index (χ0n) is 10.1. The van der Waals surface area contributed by atoms with Crippen LogP contribution in [0.2, 0.25) is 0 Å². The highest BCUT2D eigenvalue weighted by Gasteiger charge is 2.23. The van der Waals surface area contributed by atoms with Crippen LogP contribution in [0.25, 0.3) is 0 Å². The predicted octanol–water partition coefficient (Wildman–Crippen LogP) is 1.52. The zero-order chi connectivity index (χ0) is 11.5. The fraction of sp³-hybridized carbons (Fsp3) is 0.462. The SMILES string of the molecule is Cc1ccccc1CC(=O)N1CC[C@H](N)C1.Cl. The predicted molar refractivity (Wildman–Crippen MR) is 71.3 cm³/mol. The second-order valence-electron chi connectivity index (χ2n) is 4.49. The molecule has 0 aromatic heterocycles. The Morgan fingerprint density at radius 2 is 2.18 bits per heavy atom. The van der Waals surface area contributed by atoms with Crippen LogP contribution in [-0.4, -0.2) is 29.9 Å². The van der Waals surface area contributed by atoms with Crippen LogP contribution in [0, 0.1) is 6.92 Å². The van der Waals surface area contributed by atoms with Crippen LogP contribution in [0.1, 0.15) is 17.5 Å². The molecule has 1 aromatic carbocycles. The van der Waals surface area contributed by atoms with Crippen molar-refractivity contribution in [2.75, 3.05) is 13.1 Å². The van der Waals surface area contributed by atoms with Crippen LogP contribution in [0.3, 0.4) is 0 Å². The van der Waals surface area contributed by atoms with E-state index in [2.05, 4.69) is 0 Å². The summed E-state index contributed by atoms with van der Waals surface area (Å²) in [5.41, 5.74) is 8.09. The van der Waals surface area contributed by atoms with E-state index in [1.807, 2.05) is 36.1 Å². The van der Waals surface area contributed by atoms with Crippen LogP contribution in [0.4, 0.5) is 0 Å². The van der Waals surface area contributed by atoms with Crippen molar-refractivity contribution in [2.24, 2.45) is 5.73 Å². The van der Waals surface area contributed by atoms with Gasteiger partial charge < -0.3 is 10.6 Å². The Bertz CT molecular complexity index is 395. The van der Waals surface area contributed by atoms with Gasteiger partial charge in [-0.25, -0.2) is 0 Å². The topological polar surface area (TPSA) is 46.3 Å². The number of carbonyl (C=O) groups excluding carboxylic acids is 1. The highest BCUT2D eigenvalue weighted by atomic mass is 35.5. The van der Waals surface area contributed by atoms with Crippen LogP contribution in [0.15, 0.2) is 24.3 Å². The lowest BCUT2D eigenvalue weighted by molar-refractivity contribution is -0.129. The number of halogens is 1. The van der Waals surface area contributed by atoms with Crippen molar-refractivity contribution in [3.63, 3.8) is 0 Å². The van der Waals surface area contributed by atoms with E-state index in [4.69, 9.17) is 5.73 Å². The normalized spacial score (nSPS) is 18.9. The van der Waals surface area contributed by atoms with Gasteiger partial charge in [-0.3, -0.25) is 4.79 Å². The molecule has 0 radical (unpaired) electrons. The Kier molecular flexibility index (Phi) is 4.97. The first-order chi connectivity index (χ1) is 7.66. The van der Waals surface area contributed by atoms with E-state index < -0.39 is 0 Å². The van der Waals surface area contributed by atoms with Gasteiger partial charge >= 0.3 is 0 Å². The molecular weight excluding hydrogens is 236 g/mol. The molecule has 0 spiro atoms. The number of hydrogen-bond acceptors (Lipinski definition) is 2. The summed E-state index contributed by atoms with van der Waals surface area (Å²) >= 11 is 0. The highest BCUT2D eigenvalue weighted by Crippen LogP contribution is 2.12. The maximum absolute atomic E-state index is 12.0. The molecule has 1 aromatic rings. The fourth-order valence-electron chi connectivity index (χ4n) is 2.10. The van der Waals surface area contributed by atoms with Crippen molar-refractivity contribution in [2.45, 2.75) is 25.8 Å². The summed E-state index contributed by atoms with van der Waals surface area (Å²) in [6.07, 6.45) is 1.43. The van der Waals surface area contributed by atoms with Gasteiger partial charge in [0.2, 0.25) is 5.91 Å².